The molecule has 0 unspecified atom stereocenters. The summed E-state index contributed by atoms with van der Waals surface area (Å²) in [5, 5.41) is 9.10. The van der Waals surface area contributed by atoms with E-state index in [0.717, 1.165) is 5.56 Å². The van der Waals surface area contributed by atoms with Crippen molar-refractivity contribution in [2.75, 3.05) is 0 Å². The summed E-state index contributed by atoms with van der Waals surface area (Å²) in [7, 11) is -1.78. The van der Waals surface area contributed by atoms with Crippen molar-refractivity contribution in [3.8, 4) is 0 Å². The molecule has 3 nitrogen and oxygen atoms in total. The first-order chi connectivity index (χ1) is 8.13. The Morgan fingerprint density at radius 3 is 2.44 bits per heavy atom. The van der Waals surface area contributed by atoms with Crippen LogP contribution in [0.1, 0.15) is 36.7 Å². The monoisotopic (exact) mass is 266 g/mol. The molecule has 0 heterocycles. The predicted octanol–water partition coefficient (Wildman–Crippen LogP) is 3.91. The Bertz CT molecular complexity index is 433. The van der Waals surface area contributed by atoms with E-state index < -0.39 is 14.3 Å². The van der Waals surface area contributed by atoms with Crippen LogP contribution in [0.4, 0.5) is 0 Å². The molecule has 18 heavy (non-hydrogen) atoms. The van der Waals surface area contributed by atoms with E-state index in [1.165, 1.54) is 0 Å². The molecule has 0 radical (unpaired) electrons. The lowest BCUT2D eigenvalue weighted by atomic mass is 10.1. The van der Waals surface area contributed by atoms with Gasteiger partial charge in [0.05, 0.1) is 12.2 Å². The smallest absolute Gasteiger partial charge is 0.335 e. The molecule has 0 aliphatic rings. The predicted molar refractivity (Wildman–Crippen MR) is 75.4 cm³/mol. The van der Waals surface area contributed by atoms with Crippen LogP contribution in [0.15, 0.2) is 24.3 Å². The van der Waals surface area contributed by atoms with Crippen LogP contribution in [-0.2, 0) is 11.0 Å². The molecule has 0 saturated heterocycles. The molecular formula is C14H22O3Si. The van der Waals surface area contributed by atoms with E-state index in [9.17, 15) is 4.79 Å². The molecule has 1 aromatic rings. The van der Waals surface area contributed by atoms with Crippen LogP contribution in [-0.4, -0.2) is 19.4 Å². The number of carboxylic acids is 1. The number of benzene rings is 1. The lowest BCUT2D eigenvalue weighted by Gasteiger charge is -2.36. The molecular weight excluding hydrogens is 244 g/mol. The second-order valence-electron chi connectivity index (χ2n) is 6.05. The van der Waals surface area contributed by atoms with E-state index in [2.05, 4.69) is 33.9 Å². The minimum Gasteiger partial charge on any atom is -0.478 e. The number of rotatable bonds is 4. The highest BCUT2D eigenvalue weighted by molar-refractivity contribution is 6.74. The SMILES string of the molecule is CC(C)(C)[Si](C)(C)OCc1cccc(C(=O)O)c1. The second-order valence-corrected chi connectivity index (χ2v) is 10.9. The number of carboxylic acid groups (broad SMARTS) is 1. The van der Waals surface area contributed by atoms with Gasteiger partial charge in [0.2, 0.25) is 0 Å². The molecule has 0 atom stereocenters. The van der Waals surface area contributed by atoms with Gasteiger partial charge in [0.25, 0.3) is 0 Å². The third-order valence-electron chi connectivity index (χ3n) is 3.58. The highest BCUT2D eigenvalue weighted by Gasteiger charge is 2.36. The van der Waals surface area contributed by atoms with Crippen LogP contribution in [0.3, 0.4) is 0 Å². The number of aromatic carboxylic acids is 1. The molecule has 1 N–H and O–H groups in total. The highest BCUT2D eigenvalue weighted by atomic mass is 28.4. The summed E-state index contributed by atoms with van der Waals surface area (Å²) in [5.74, 6) is -0.899. The Morgan fingerprint density at radius 1 is 1.33 bits per heavy atom. The number of hydrogen-bond acceptors (Lipinski definition) is 2. The fourth-order valence-corrected chi connectivity index (χ4v) is 2.23. The van der Waals surface area contributed by atoms with E-state index in [4.69, 9.17) is 9.53 Å². The van der Waals surface area contributed by atoms with Gasteiger partial charge in [0.1, 0.15) is 0 Å². The highest BCUT2D eigenvalue weighted by Crippen LogP contribution is 2.37. The molecule has 1 rings (SSSR count). The van der Waals surface area contributed by atoms with Crippen molar-refractivity contribution < 1.29 is 14.3 Å². The normalized spacial score (nSPS) is 12.5. The standard InChI is InChI=1S/C14H22O3Si/c1-14(2,3)18(4,5)17-10-11-7-6-8-12(9-11)13(15)16/h6-9H,10H2,1-5H3,(H,15,16). The Balaban J connectivity index is 2.75. The van der Waals surface area contributed by atoms with Gasteiger partial charge in [0, 0.05) is 0 Å². The largest absolute Gasteiger partial charge is 0.478 e. The van der Waals surface area contributed by atoms with Gasteiger partial charge in [-0.25, -0.2) is 4.79 Å². The summed E-state index contributed by atoms with van der Waals surface area (Å²) in [5.41, 5.74) is 1.23. The zero-order valence-electron chi connectivity index (χ0n) is 11.8. The summed E-state index contributed by atoms with van der Waals surface area (Å²) in [4.78, 5) is 10.9. The second kappa shape index (κ2) is 5.24. The van der Waals surface area contributed by atoms with Crippen LogP contribution in [0.25, 0.3) is 0 Å². The Hall–Kier alpha value is -1.13. The molecule has 100 valence electrons. The Kier molecular flexibility index (Phi) is 4.35. The lowest BCUT2D eigenvalue weighted by Crippen LogP contribution is -2.40. The van der Waals surface area contributed by atoms with Crippen molar-refractivity contribution in [3.63, 3.8) is 0 Å². The first kappa shape index (κ1) is 14.9. The third-order valence-corrected chi connectivity index (χ3v) is 8.06. The van der Waals surface area contributed by atoms with E-state index in [0.29, 0.717) is 12.2 Å². The van der Waals surface area contributed by atoms with Crippen LogP contribution in [0, 0.1) is 0 Å². The molecule has 0 amide bonds. The van der Waals surface area contributed by atoms with Crippen LogP contribution >= 0.6 is 0 Å². The molecule has 0 aromatic heterocycles. The zero-order chi connectivity index (χ0) is 14.0. The van der Waals surface area contributed by atoms with Gasteiger partial charge in [-0.15, -0.1) is 0 Å². The fourth-order valence-electron chi connectivity index (χ4n) is 1.27. The first-order valence-electron chi connectivity index (χ1n) is 6.10. The van der Waals surface area contributed by atoms with Crippen molar-refractivity contribution >= 4 is 14.3 Å². The van der Waals surface area contributed by atoms with E-state index in [1.807, 2.05) is 6.07 Å². The average molecular weight is 266 g/mol. The van der Waals surface area contributed by atoms with E-state index >= 15 is 0 Å². The zero-order valence-corrected chi connectivity index (χ0v) is 12.8. The summed E-state index contributed by atoms with van der Waals surface area (Å²) in [6.45, 7) is 11.4. The number of carbonyl (C=O) groups is 1. The average Bonchev–Trinajstić information content (AvgIpc) is 2.25. The number of hydrogen-bond donors (Lipinski definition) is 1. The molecule has 0 saturated carbocycles. The van der Waals surface area contributed by atoms with Crippen molar-refractivity contribution in [1.29, 1.82) is 0 Å². The molecule has 0 aliphatic carbocycles. The van der Waals surface area contributed by atoms with Gasteiger partial charge in [-0.1, -0.05) is 32.9 Å². The molecule has 0 spiro atoms. The Labute approximate surface area is 110 Å². The molecule has 0 bridgehead atoms. The minimum absolute atomic E-state index is 0.164. The van der Waals surface area contributed by atoms with Gasteiger partial charge in [-0.2, -0.15) is 0 Å². The maximum Gasteiger partial charge on any atom is 0.335 e. The molecule has 0 aliphatic heterocycles. The fraction of sp³-hybridized carbons (Fsp3) is 0.500. The first-order valence-corrected chi connectivity index (χ1v) is 9.00. The quantitative estimate of drug-likeness (QED) is 0.841. The van der Waals surface area contributed by atoms with Gasteiger partial charge >= 0.3 is 5.97 Å². The Morgan fingerprint density at radius 2 is 1.94 bits per heavy atom. The summed E-state index contributed by atoms with van der Waals surface area (Å²) < 4.78 is 6.06. The van der Waals surface area contributed by atoms with Gasteiger partial charge < -0.3 is 9.53 Å². The lowest BCUT2D eigenvalue weighted by molar-refractivity contribution is 0.0696. The van der Waals surface area contributed by atoms with Crippen LogP contribution in [0.2, 0.25) is 18.1 Å². The topological polar surface area (TPSA) is 46.5 Å². The minimum atomic E-state index is -1.78. The van der Waals surface area contributed by atoms with Crippen molar-refractivity contribution in [1.82, 2.24) is 0 Å². The summed E-state index contributed by atoms with van der Waals surface area (Å²) in [6.07, 6.45) is 0. The van der Waals surface area contributed by atoms with Gasteiger partial charge in [0.15, 0.2) is 8.32 Å². The summed E-state index contributed by atoms with van der Waals surface area (Å²) in [6, 6.07) is 6.93. The van der Waals surface area contributed by atoms with Crippen molar-refractivity contribution in [2.24, 2.45) is 0 Å². The van der Waals surface area contributed by atoms with Crippen LogP contribution < -0.4 is 0 Å². The van der Waals surface area contributed by atoms with Crippen molar-refractivity contribution in [2.45, 2.75) is 45.5 Å². The summed E-state index contributed by atoms with van der Waals surface area (Å²) >= 11 is 0. The molecule has 4 heteroatoms. The van der Waals surface area contributed by atoms with Gasteiger partial charge in [-0.05, 0) is 35.8 Å². The molecule has 0 fully saturated rings. The van der Waals surface area contributed by atoms with Crippen LogP contribution in [0.5, 0.6) is 0 Å². The van der Waals surface area contributed by atoms with Crippen molar-refractivity contribution in [3.05, 3.63) is 35.4 Å². The molecule has 1 aromatic carbocycles. The maximum absolute atomic E-state index is 10.9. The van der Waals surface area contributed by atoms with Gasteiger partial charge in [-0.3, -0.25) is 0 Å². The third kappa shape index (κ3) is 3.68. The van der Waals surface area contributed by atoms with E-state index in [-0.39, 0.29) is 5.04 Å². The van der Waals surface area contributed by atoms with E-state index in [1.54, 1.807) is 18.2 Å². The maximum atomic E-state index is 10.9.